The van der Waals surface area contributed by atoms with Crippen LogP contribution in [0.15, 0.2) is 59.1 Å². The number of anilines is 4. The SMILES string of the molecule is Cc1cc(Nc2ccccc2Br)nc(N2c3ccccc3CC2C)n1. The summed E-state index contributed by atoms with van der Waals surface area (Å²) in [6.45, 7) is 4.22. The van der Waals surface area contributed by atoms with Crippen LogP contribution in [0.1, 0.15) is 18.2 Å². The molecule has 2 heterocycles. The number of nitrogens with one attached hydrogen (secondary N) is 1. The van der Waals surface area contributed by atoms with E-state index in [2.05, 4.69) is 57.3 Å². The van der Waals surface area contributed by atoms with Crippen molar-refractivity contribution in [3.8, 4) is 0 Å². The average Bonchev–Trinajstić information content (AvgIpc) is 2.92. The molecule has 0 bridgehead atoms. The lowest BCUT2D eigenvalue weighted by Crippen LogP contribution is -2.26. The Hall–Kier alpha value is -2.40. The molecule has 0 radical (unpaired) electrons. The van der Waals surface area contributed by atoms with Crippen molar-refractivity contribution in [1.82, 2.24) is 9.97 Å². The smallest absolute Gasteiger partial charge is 0.232 e. The zero-order valence-electron chi connectivity index (χ0n) is 14.2. The van der Waals surface area contributed by atoms with Gasteiger partial charge in [0.2, 0.25) is 5.95 Å². The molecule has 0 saturated carbocycles. The number of hydrogen-bond donors (Lipinski definition) is 1. The number of para-hydroxylation sites is 2. The van der Waals surface area contributed by atoms with E-state index in [1.54, 1.807) is 0 Å². The van der Waals surface area contributed by atoms with Crippen molar-refractivity contribution in [3.05, 3.63) is 70.3 Å². The number of hydrogen-bond acceptors (Lipinski definition) is 4. The molecule has 1 aromatic heterocycles. The summed E-state index contributed by atoms with van der Waals surface area (Å²) in [6.07, 6.45) is 1.01. The van der Waals surface area contributed by atoms with E-state index in [0.717, 1.165) is 34.0 Å². The Morgan fingerprint density at radius 3 is 2.68 bits per heavy atom. The molecule has 126 valence electrons. The third-order valence-electron chi connectivity index (χ3n) is 4.40. The fourth-order valence-corrected chi connectivity index (χ4v) is 3.68. The molecular weight excluding hydrogens is 376 g/mol. The predicted octanol–water partition coefficient (Wildman–Crippen LogP) is 5.37. The van der Waals surface area contributed by atoms with Crippen LogP contribution in [0.2, 0.25) is 0 Å². The molecule has 0 amide bonds. The van der Waals surface area contributed by atoms with E-state index in [9.17, 15) is 0 Å². The van der Waals surface area contributed by atoms with Gasteiger partial charge in [0.1, 0.15) is 5.82 Å². The Bertz CT molecular complexity index is 925. The summed E-state index contributed by atoms with van der Waals surface area (Å²) in [6, 6.07) is 18.8. The highest BCUT2D eigenvalue weighted by atomic mass is 79.9. The van der Waals surface area contributed by atoms with Gasteiger partial charge in [0, 0.05) is 28.0 Å². The minimum absolute atomic E-state index is 0.343. The van der Waals surface area contributed by atoms with E-state index in [1.165, 1.54) is 11.3 Å². The second kappa shape index (κ2) is 6.48. The van der Waals surface area contributed by atoms with Crippen molar-refractivity contribution in [2.75, 3.05) is 10.2 Å². The largest absolute Gasteiger partial charge is 0.339 e. The molecule has 1 aliphatic heterocycles. The minimum atomic E-state index is 0.343. The second-order valence-corrected chi connectivity index (χ2v) is 7.21. The molecule has 4 rings (SSSR count). The molecule has 1 atom stereocenters. The highest BCUT2D eigenvalue weighted by Crippen LogP contribution is 2.37. The van der Waals surface area contributed by atoms with Crippen molar-refractivity contribution in [2.45, 2.75) is 26.3 Å². The summed E-state index contributed by atoms with van der Waals surface area (Å²) in [4.78, 5) is 11.7. The molecule has 1 N–H and O–H groups in total. The summed E-state index contributed by atoms with van der Waals surface area (Å²) < 4.78 is 1.01. The maximum atomic E-state index is 4.78. The van der Waals surface area contributed by atoms with Crippen LogP contribution in [0.4, 0.5) is 23.1 Å². The number of aryl methyl sites for hydroxylation is 1. The first-order chi connectivity index (χ1) is 12.1. The fourth-order valence-electron chi connectivity index (χ4n) is 3.30. The summed E-state index contributed by atoms with van der Waals surface area (Å²) in [7, 11) is 0. The monoisotopic (exact) mass is 394 g/mol. The van der Waals surface area contributed by atoms with Gasteiger partial charge in [0.15, 0.2) is 0 Å². The van der Waals surface area contributed by atoms with Gasteiger partial charge >= 0.3 is 0 Å². The number of fused-ring (bicyclic) bond motifs is 1. The highest BCUT2D eigenvalue weighted by molar-refractivity contribution is 9.10. The van der Waals surface area contributed by atoms with E-state index in [-0.39, 0.29) is 0 Å². The van der Waals surface area contributed by atoms with Crippen LogP contribution in [0.3, 0.4) is 0 Å². The Labute approximate surface area is 156 Å². The first kappa shape index (κ1) is 16.1. The molecule has 25 heavy (non-hydrogen) atoms. The first-order valence-corrected chi connectivity index (χ1v) is 9.15. The zero-order chi connectivity index (χ0) is 17.4. The second-order valence-electron chi connectivity index (χ2n) is 6.35. The lowest BCUT2D eigenvalue weighted by Gasteiger charge is -2.23. The third kappa shape index (κ3) is 3.12. The van der Waals surface area contributed by atoms with Crippen molar-refractivity contribution < 1.29 is 0 Å². The van der Waals surface area contributed by atoms with Gasteiger partial charge in [0.25, 0.3) is 0 Å². The molecule has 0 saturated heterocycles. The van der Waals surface area contributed by atoms with E-state index in [1.807, 2.05) is 37.3 Å². The number of aromatic nitrogens is 2. The maximum absolute atomic E-state index is 4.78. The van der Waals surface area contributed by atoms with Crippen molar-refractivity contribution in [1.29, 1.82) is 0 Å². The van der Waals surface area contributed by atoms with Gasteiger partial charge in [-0.15, -0.1) is 0 Å². The zero-order valence-corrected chi connectivity index (χ0v) is 15.8. The van der Waals surface area contributed by atoms with Gasteiger partial charge < -0.3 is 10.2 Å². The Kier molecular flexibility index (Phi) is 4.17. The van der Waals surface area contributed by atoms with Crippen molar-refractivity contribution >= 4 is 39.1 Å². The van der Waals surface area contributed by atoms with E-state index in [4.69, 9.17) is 9.97 Å². The van der Waals surface area contributed by atoms with Gasteiger partial charge in [-0.1, -0.05) is 30.3 Å². The van der Waals surface area contributed by atoms with Gasteiger partial charge in [0.05, 0.1) is 5.69 Å². The highest BCUT2D eigenvalue weighted by Gasteiger charge is 2.29. The normalized spacial score (nSPS) is 16.0. The van der Waals surface area contributed by atoms with Crippen molar-refractivity contribution in [3.63, 3.8) is 0 Å². The molecule has 5 heteroatoms. The number of rotatable bonds is 3. The number of benzene rings is 2. The summed E-state index contributed by atoms with van der Waals surface area (Å²) in [5, 5.41) is 3.39. The Morgan fingerprint density at radius 1 is 1.08 bits per heavy atom. The molecule has 0 spiro atoms. The molecule has 2 aromatic carbocycles. The van der Waals surface area contributed by atoms with Crippen LogP contribution in [0.25, 0.3) is 0 Å². The molecular formula is C20H19BrN4. The summed E-state index contributed by atoms with van der Waals surface area (Å²) in [5.74, 6) is 1.54. The van der Waals surface area contributed by atoms with Crippen LogP contribution in [0.5, 0.6) is 0 Å². The van der Waals surface area contributed by atoms with Crippen LogP contribution < -0.4 is 10.2 Å². The number of nitrogens with zero attached hydrogens (tertiary/aromatic N) is 3. The van der Waals surface area contributed by atoms with Crippen LogP contribution in [0, 0.1) is 6.92 Å². The molecule has 0 fully saturated rings. The number of halogens is 1. The topological polar surface area (TPSA) is 41.1 Å². The van der Waals surface area contributed by atoms with Crippen LogP contribution >= 0.6 is 15.9 Å². The lowest BCUT2D eigenvalue weighted by molar-refractivity contribution is 0.738. The van der Waals surface area contributed by atoms with Crippen molar-refractivity contribution in [2.24, 2.45) is 0 Å². The Morgan fingerprint density at radius 2 is 1.84 bits per heavy atom. The third-order valence-corrected chi connectivity index (χ3v) is 5.09. The predicted molar refractivity (Wildman–Crippen MR) is 106 cm³/mol. The lowest BCUT2D eigenvalue weighted by atomic mass is 10.1. The molecule has 4 nitrogen and oxygen atoms in total. The van der Waals surface area contributed by atoms with E-state index in [0.29, 0.717) is 6.04 Å². The molecule has 1 aliphatic rings. The van der Waals surface area contributed by atoms with E-state index < -0.39 is 0 Å². The van der Waals surface area contributed by atoms with Gasteiger partial charge in [-0.2, -0.15) is 4.98 Å². The molecule has 1 unspecified atom stereocenters. The van der Waals surface area contributed by atoms with Gasteiger partial charge in [-0.05, 0) is 60.0 Å². The van der Waals surface area contributed by atoms with Gasteiger partial charge in [-0.25, -0.2) is 4.98 Å². The maximum Gasteiger partial charge on any atom is 0.232 e. The quantitative estimate of drug-likeness (QED) is 0.647. The summed E-state index contributed by atoms with van der Waals surface area (Å²) in [5.41, 5.74) is 4.48. The van der Waals surface area contributed by atoms with Gasteiger partial charge in [-0.3, -0.25) is 0 Å². The van der Waals surface area contributed by atoms with Crippen LogP contribution in [-0.4, -0.2) is 16.0 Å². The van der Waals surface area contributed by atoms with E-state index >= 15 is 0 Å². The minimum Gasteiger partial charge on any atom is -0.339 e. The molecule has 3 aromatic rings. The van der Waals surface area contributed by atoms with Crippen LogP contribution in [-0.2, 0) is 6.42 Å². The standard InChI is InChI=1S/C20H19BrN4/c1-13-11-19(23-17-9-5-4-8-16(17)21)24-20(22-13)25-14(2)12-15-7-3-6-10-18(15)25/h3-11,14H,12H2,1-2H3,(H,22,23,24). The Balaban J connectivity index is 1.72. The summed E-state index contributed by atoms with van der Waals surface area (Å²) >= 11 is 3.57. The fraction of sp³-hybridized carbons (Fsp3) is 0.200. The average molecular weight is 395 g/mol. The molecule has 0 aliphatic carbocycles. The first-order valence-electron chi connectivity index (χ1n) is 8.36.